The topological polar surface area (TPSA) is 118 Å². The van der Waals surface area contributed by atoms with Crippen LogP contribution in [0.3, 0.4) is 0 Å². The van der Waals surface area contributed by atoms with Crippen molar-refractivity contribution in [2.24, 2.45) is 11.1 Å². The van der Waals surface area contributed by atoms with Gasteiger partial charge >= 0.3 is 0 Å². The fourth-order valence-corrected chi connectivity index (χ4v) is 6.19. The number of nitrogens with two attached hydrogens (primary N) is 1. The number of carbonyl (C=O) groups is 1. The van der Waals surface area contributed by atoms with Crippen LogP contribution in [0.25, 0.3) is 0 Å². The van der Waals surface area contributed by atoms with E-state index in [4.69, 9.17) is 17.3 Å². The summed E-state index contributed by atoms with van der Waals surface area (Å²) in [6.07, 6.45) is 5.35. The van der Waals surface area contributed by atoms with Gasteiger partial charge in [0.25, 0.3) is 15.9 Å². The average Bonchev–Trinajstić information content (AvgIpc) is 2.86. The van der Waals surface area contributed by atoms with Gasteiger partial charge in [-0.05, 0) is 49.1 Å². The summed E-state index contributed by atoms with van der Waals surface area (Å²) in [5.74, 6) is 0.0603. The van der Waals surface area contributed by atoms with Gasteiger partial charge in [-0.3, -0.25) is 4.79 Å². The molecular formula is C24H26ClN5O3S2. The molecule has 0 saturated carbocycles. The number of rotatable bonds is 7. The highest BCUT2D eigenvalue weighted by molar-refractivity contribution is 7.99. The molecule has 0 bridgehead atoms. The largest absolute Gasteiger partial charge is 0.355 e. The Hall–Kier alpha value is -2.66. The molecule has 1 saturated heterocycles. The number of piperidine rings is 1. The third-order valence-electron chi connectivity index (χ3n) is 6.10. The standard InChI is InChI=1S/C24H26ClN5O3S2/c1-24(16-26)10-12-30(13-11-24)20-14-28-21(15-27-20)34-18-8-5-9-19(22(18)25)35(32,33)29-23(31)17-6-3-2-4-7-17/h2-9,14-15H,10-13,16,26H2,1H3,(H,29,31). The lowest BCUT2D eigenvalue weighted by Crippen LogP contribution is -2.42. The number of hydrogen-bond donors (Lipinski definition) is 2. The van der Waals surface area contributed by atoms with Gasteiger partial charge in [-0.25, -0.2) is 23.1 Å². The molecule has 0 radical (unpaired) electrons. The van der Waals surface area contributed by atoms with Gasteiger partial charge in [0.1, 0.15) is 15.7 Å². The first kappa shape index (κ1) is 25.4. The van der Waals surface area contributed by atoms with Crippen molar-refractivity contribution in [3.8, 4) is 0 Å². The van der Waals surface area contributed by atoms with Crippen LogP contribution in [0, 0.1) is 5.41 Å². The molecule has 2 aromatic carbocycles. The average molecular weight is 532 g/mol. The van der Waals surface area contributed by atoms with Crippen molar-refractivity contribution in [2.75, 3.05) is 24.5 Å². The molecule has 11 heteroatoms. The van der Waals surface area contributed by atoms with E-state index in [9.17, 15) is 13.2 Å². The van der Waals surface area contributed by atoms with Crippen molar-refractivity contribution in [1.82, 2.24) is 14.7 Å². The van der Waals surface area contributed by atoms with Crippen molar-refractivity contribution in [3.63, 3.8) is 0 Å². The van der Waals surface area contributed by atoms with Crippen molar-refractivity contribution in [2.45, 2.75) is 34.6 Å². The van der Waals surface area contributed by atoms with E-state index in [-0.39, 0.29) is 20.9 Å². The van der Waals surface area contributed by atoms with Gasteiger partial charge in [-0.1, -0.05) is 54.6 Å². The minimum atomic E-state index is -4.18. The second-order valence-electron chi connectivity index (χ2n) is 8.69. The van der Waals surface area contributed by atoms with Crippen LogP contribution in [0.5, 0.6) is 0 Å². The highest BCUT2D eigenvalue weighted by atomic mass is 35.5. The third-order valence-corrected chi connectivity index (χ3v) is 9.08. The molecule has 3 aromatic rings. The molecule has 35 heavy (non-hydrogen) atoms. The summed E-state index contributed by atoms with van der Waals surface area (Å²) in [7, 11) is -4.18. The first-order valence-corrected chi connectivity index (χ1v) is 13.7. The van der Waals surface area contributed by atoms with E-state index in [2.05, 4.69) is 26.5 Å². The zero-order chi connectivity index (χ0) is 25.1. The Morgan fingerprint density at radius 3 is 2.46 bits per heavy atom. The predicted molar refractivity (Wildman–Crippen MR) is 137 cm³/mol. The second kappa shape index (κ2) is 10.5. The second-order valence-corrected chi connectivity index (χ2v) is 11.8. The molecule has 0 atom stereocenters. The Bertz CT molecular complexity index is 1300. The van der Waals surface area contributed by atoms with E-state index in [1.165, 1.54) is 30.0 Å². The molecule has 1 fully saturated rings. The SMILES string of the molecule is CC1(CN)CCN(c2cnc(Sc3cccc(S(=O)(=O)NC(=O)c4ccccc4)c3Cl)cn2)CC1. The molecule has 0 spiro atoms. The van der Waals surface area contributed by atoms with Crippen LogP contribution in [0.2, 0.25) is 5.02 Å². The minimum Gasteiger partial charge on any atom is -0.355 e. The minimum absolute atomic E-state index is 0.00818. The van der Waals surface area contributed by atoms with E-state index < -0.39 is 15.9 Å². The Labute approximate surface area is 214 Å². The van der Waals surface area contributed by atoms with E-state index in [1.54, 1.807) is 42.7 Å². The number of nitrogens with one attached hydrogen (secondary N) is 1. The molecule has 184 valence electrons. The zero-order valence-corrected chi connectivity index (χ0v) is 21.5. The fraction of sp³-hybridized carbons (Fsp3) is 0.292. The van der Waals surface area contributed by atoms with Crippen molar-refractivity contribution < 1.29 is 13.2 Å². The molecule has 2 heterocycles. The van der Waals surface area contributed by atoms with Crippen LogP contribution in [0.1, 0.15) is 30.1 Å². The molecule has 8 nitrogen and oxygen atoms in total. The lowest BCUT2D eigenvalue weighted by atomic mass is 9.80. The van der Waals surface area contributed by atoms with Crippen LogP contribution in [-0.2, 0) is 10.0 Å². The van der Waals surface area contributed by atoms with Crippen LogP contribution in [-0.4, -0.2) is 43.9 Å². The summed E-state index contributed by atoms with van der Waals surface area (Å²) in [4.78, 5) is 23.9. The number of nitrogens with zero attached hydrogens (tertiary/aromatic N) is 3. The van der Waals surface area contributed by atoms with Crippen molar-refractivity contribution in [3.05, 3.63) is 71.5 Å². The summed E-state index contributed by atoms with van der Waals surface area (Å²) in [6, 6.07) is 12.7. The van der Waals surface area contributed by atoms with E-state index in [1.807, 2.05) is 0 Å². The summed E-state index contributed by atoms with van der Waals surface area (Å²) in [6.45, 7) is 4.62. The van der Waals surface area contributed by atoms with Crippen LogP contribution in [0.15, 0.2) is 75.7 Å². The van der Waals surface area contributed by atoms with Gasteiger partial charge in [-0.15, -0.1) is 0 Å². The fourth-order valence-electron chi connectivity index (χ4n) is 3.72. The van der Waals surface area contributed by atoms with Gasteiger partial charge in [0.2, 0.25) is 0 Å². The number of sulfonamides is 1. The molecule has 1 aromatic heterocycles. The number of carbonyl (C=O) groups excluding carboxylic acids is 1. The Kier molecular flexibility index (Phi) is 7.65. The van der Waals surface area contributed by atoms with Gasteiger partial charge in [0.05, 0.1) is 17.4 Å². The highest BCUT2D eigenvalue weighted by Crippen LogP contribution is 2.36. The molecule has 3 N–H and O–H groups in total. The Morgan fingerprint density at radius 2 is 1.83 bits per heavy atom. The van der Waals surface area contributed by atoms with Gasteiger partial charge in [0, 0.05) is 23.5 Å². The van der Waals surface area contributed by atoms with E-state index >= 15 is 0 Å². The monoisotopic (exact) mass is 531 g/mol. The van der Waals surface area contributed by atoms with Crippen molar-refractivity contribution >= 4 is 45.1 Å². The van der Waals surface area contributed by atoms with Gasteiger partial charge < -0.3 is 10.6 Å². The molecule has 1 aliphatic heterocycles. The molecular weight excluding hydrogens is 506 g/mol. The third kappa shape index (κ3) is 5.95. The van der Waals surface area contributed by atoms with Gasteiger partial charge in [-0.2, -0.15) is 0 Å². The number of benzene rings is 2. The first-order valence-electron chi connectivity index (χ1n) is 11.1. The maximum atomic E-state index is 12.9. The maximum Gasteiger partial charge on any atom is 0.265 e. The van der Waals surface area contributed by atoms with Gasteiger partial charge in [0.15, 0.2) is 0 Å². The van der Waals surface area contributed by atoms with Crippen LogP contribution >= 0.6 is 23.4 Å². The first-order chi connectivity index (χ1) is 16.7. The Balaban J connectivity index is 1.47. The number of hydrogen-bond acceptors (Lipinski definition) is 8. The quantitative estimate of drug-likeness (QED) is 0.470. The smallest absolute Gasteiger partial charge is 0.265 e. The Morgan fingerprint density at radius 1 is 1.11 bits per heavy atom. The predicted octanol–water partition coefficient (Wildman–Crippen LogP) is 3.97. The van der Waals surface area contributed by atoms with Crippen LogP contribution in [0.4, 0.5) is 5.82 Å². The van der Waals surface area contributed by atoms with E-state index in [0.29, 0.717) is 16.5 Å². The molecule has 1 amide bonds. The van der Waals surface area contributed by atoms with E-state index in [0.717, 1.165) is 31.7 Å². The maximum absolute atomic E-state index is 12.9. The highest BCUT2D eigenvalue weighted by Gasteiger charge is 2.29. The number of aromatic nitrogens is 2. The summed E-state index contributed by atoms with van der Waals surface area (Å²) < 4.78 is 27.8. The van der Waals surface area contributed by atoms with Crippen LogP contribution < -0.4 is 15.4 Å². The summed E-state index contributed by atoms with van der Waals surface area (Å²) >= 11 is 7.65. The number of amides is 1. The normalized spacial score (nSPS) is 15.6. The van der Waals surface area contributed by atoms with Crippen molar-refractivity contribution in [1.29, 1.82) is 0 Å². The number of halogens is 1. The molecule has 4 rings (SSSR count). The number of anilines is 1. The summed E-state index contributed by atoms with van der Waals surface area (Å²) in [5, 5.41) is 0.580. The molecule has 1 aliphatic rings. The molecule has 0 aliphatic carbocycles. The lowest BCUT2D eigenvalue weighted by Gasteiger charge is -2.39. The summed E-state index contributed by atoms with van der Waals surface area (Å²) in [5.41, 5.74) is 6.30. The zero-order valence-electron chi connectivity index (χ0n) is 19.1. The lowest BCUT2D eigenvalue weighted by molar-refractivity contribution is 0.0981. The molecule has 0 unspecified atom stereocenters.